The van der Waals surface area contributed by atoms with E-state index < -0.39 is 5.97 Å². The summed E-state index contributed by atoms with van der Waals surface area (Å²) >= 11 is 21.9. The van der Waals surface area contributed by atoms with Crippen LogP contribution < -0.4 is 0 Å². The third-order valence-corrected chi connectivity index (χ3v) is 2.80. The summed E-state index contributed by atoms with van der Waals surface area (Å²) in [5, 5.41) is 9.58. The van der Waals surface area contributed by atoms with Crippen molar-refractivity contribution in [1.29, 1.82) is 0 Å². The number of pyridine rings is 2. The molecule has 100 valence electrons. The van der Waals surface area contributed by atoms with Crippen LogP contribution in [-0.2, 0) is 0 Å². The number of carboxylic acids is 1. The number of hydrogen-bond acceptors (Lipinski definition) is 3. The molecule has 1 N–H and O–H groups in total. The molecule has 19 heavy (non-hydrogen) atoms. The Hall–Kier alpha value is -1.07. The molecular weight excluding hydrogens is 334 g/mol. The number of carboxylic acid groups (broad SMARTS) is 1. The van der Waals surface area contributed by atoms with E-state index in [-0.39, 0.29) is 15.7 Å². The molecule has 2 rings (SSSR count). The van der Waals surface area contributed by atoms with Crippen molar-refractivity contribution < 1.29 is 9.90 Å². The first-order valence-corrected chi connectivity index (χ1v) is 6.23. The van der Waals surface area contributed by atoms with Crippen molar-refractivity contribution in [2.45, 2.75) is 0 Å². The molecule has 0 aliphatic carbocycles. The molecule has 0 unspecified atom stereocenters. The smallest absolute Gasteiger partial charge is 0.340 e. The van der Waals surface area contributed by atoms with Crippen LogP contribution in [0, 0.1) is 0 Å². The molecule has 0 saturated heterocycles. The molecule has 0 bridgehead atoms. The fraction of sp³-hybridized carbons (Fsp3) is 0. The fourth-order valence-corrected chi connectivity index (χ4v) is 1.89. The van der Waals surface area contributed by atoms with Gasteiger partial charge < -0.3 is 5.11 Å². The van der Waals surface area contributed by atoms with Crippen LogP contribution in [-0.4, -0.2) is 21.0 Å². The molecule has 0 saturated carbocycles. The van der Waals surface area contributed by atoms with Crippen molar-refractivity contribution in [3.8, 4) is 0 Å². The first-order valence-electron chi connectivity index (χ1n) is 4.72. The van der Waals surface area contributed by atoms with Gasteiger partial charge in [-0.15, -0.1) is 0 Å². The van der Waals surface area contributed by atoms with Crippen molar-refractivity contribution in [3.05, 3.63) is 56.5 Å². The first-order chi connectivity index (χ1) is 8.91. The number of rotatable bonds is 1. The largest absolute Gasteiger partial charge is 0.478 e. The molecule has 0 amide bonds. The quantitative estimate of drug-likeness (QED) is 0.778. The van der Waals surface area contributed by atoms with Crippen molar-refractivity contribution in [3.63, 3.8) is 0 Å². The van der Waals surface area contributed by atoms with Crippen LogP contribution in [0.1, 0.15) is 10.4 Å². The summed E-state index contributed by atoms with van der Waals surface area (Å²) in [6, 6.07) is 4.63. The second kappa shape index (κ2) is 7.50. The second-order valence-electron chi connectivity index (χ2n) is 3.06. The Morgan fingerprint density at radius 1 is 1.05 bits per heavy atom. The van der Waals surface area contributed by atoms with E-state index in [4.69, 9.17) is 51.5 Å². The lowest BCUT2D eigenvalue weighted by atomic mass is 10.3. The average Bonchev–Trinajstić information content (AvgIpc) is 2.28. The normalized spacial score (nSPS) is 9.47. The highest BCUT2D eigenvalue weighted by molar-refractivity contribution is 6.38. The standard InChI is InChI=1S/C6H3Cl2NO2.C5H3Cl2N/c7-3-1-2-9-5(8)4(3)6(10)11;6-4-1-2-8-5(7)3-4/h1-2H,(H,10,11);1-3H. The summed E-state index contributed by atoms with van der Waals surface area (Å²) in [4.78, 5) is 17.7. The summed E-state index contributed by atoms with van der Waals surface area (Å²) in [5.41, 5.74) is -0.157. The van der Waals surface area contributed by atoms with Crippen molar-refractivity contribution in [1.82, 2.24) is 9.97 Å². The highest BCUT2D eigenvalue weighted by Gasteiger charge is 2.13. The number of aromatic nitrogens is 2. The molecule has 8 heteroatoms. The summed E-state index contributed by atoms with van der Waals surface area (Å²) < 4.78 is 0. The molecule has 4 nitrogen and oxygen atoms in total. The zero-order valence-corrected chi connectivity index (χ0v) is 12.2. The van der Waals surface area contributed by atoms with Crippen molar-refractivity contribution in [2.24, 2.45) is 0 Å². The molecule has 0 fully saturated rings. The van der Waals surface area contributed by atoms with Crippen molar-refractivity contribution >= 4 is 52.4 Å². The Balaban J connectivity index is 0.000000200. The fourth-order valence-electron chi connectivity index (χ4n) is 0.984. The number of hydrogen-bond donors (Lipinski definition) is 1. The monoisotopic (exact) mass is 338 g/mol. The summed E-state index contributed by atoms with van der Waals surface area (Å²) in [5.74, 6) is -1.17. The van der Waals surface area contributed by atoms with Crippen LogP contribution in [0.3, 0.4) is 0 Å². The zero-order valence-electron chi connectivity index (χ0n) is 9.15. The lowest BCUT2D eigenvalue weighted by molar-refractivity contribution is 0.0697. The third-order valence-electron chi connectivity index (χ3n) is 1.76. The van der Waals surface area contributed by atoms with Crippen LogP contribution in [0.4, 0.5) is 0 Å². The molecule has 0 aliphatic rings. The molecule has 0 aliphatic heterocycles. The topological polar surface area (TPSA) is 63.1 Å². The third kappa shape index (κ3) is 5.20. The van der Waals surface area contributed by atoms with Gasteiger partial charge in [0.05, 0.1) is 5.02 Å². The van der Waals surface area contributed by atoms with Gasteiger partial charge in [0, 0.05) is 17.4 Å². The Bertz CT molecular complexity index is 555. The van der Waals surface area contributed by atoms with Gasteiger partial charge >= 0.3 is 5.97 Å². The van der Waals surface area contributed by atoms with Crippen LogP contribution in [0.15, 0.2) is 30.6 Å². The van der Waals surface area contributed by atoms with Gasteiger partial charge in [-0.05, 0) is 18.2 Å². The molecule has 0 atom stereocenters. The SMILES string of the molecule is Clc1ccnc(Cl)c1.O=C(O)c1c(Cl)ccnc1Cl. The van der Waals surface area contributed by atoms with E-state index >= 15 is 0 Å². The summed E-state index contributed by atoms with van der Waals surface area (Å²) in [6.45, 7) is 0. The Morgan fingerprint density at radius 2 is 1.68 bits per heavy atom. The van der Waals surface area contributed by atoms with Gasteiger partial charge in [-0.2, -0.15) is 0 Å². The van der Waals surface area contributed by atoms with Crippen LogP contribution in [0.25, 0.3) is 0 Å². The van der Waals surface area contributed by atoms with Gasteiger partial charge in [-0.3, -0.25) is 0 Å². The Kier molecular flexibility index (Phi) is 6.31. The predicted molar refractivity (Wildman–Crippen MR) is 75.5 cm³/mol. The maximum absolute atomic E-state index is 10.4. The lowest BCUT2D eigenvalue weighted by Gasteiger charge is -1.97. The minimum absolute atomic E-state index is 0.0926. The summed E-state index contributed by atoms with van der Waals surface area (Å²) in [6.07, 6.45) is 2.90. The van der Waals surface area contributed by atoms with E-state index in [0.717, 1.165) is 0 Å². The van der Waals surface area contributed by atoms with Crippen LogP contribution in [0.2, 0.25) is 20.4 Å². The molecule has 2 heterocycles. The molecular formula is C11H6Cl4N2O2. The average molecular weight is 340 g/mol. The zero-order chi connectivity index (χ0) is 14.4. The molecule has 2 aromatic rings. The second-order valence-corrected chi connectivity index (χ2v) is 4.65. The summed E-state index contributed by atoms with van der Waals surface area (Å²) in [7, 11) is 0. The maximum atomic E-state index is 10.4. The number of aromatic carboxylic acids is 1. The van der Waals surface area contributed by atoms with E-state index in [1.54, 1.807) is 18.3 Å². The molecule has 0 aromatic carbocycles. The van der Waals surface area contributed by atoms with Crippen LogP contribution >= 0.6 is 46.4 Å². The van der Waals surface area contributed by atoms with E-state index in [0.29, 0.717) is 10.2 Å². The van der Waals surface area contributed by atoms with E-state index in [1.165, 1.54) is 12.3 Å². The molecule has 0 spiro atoms. The van der Waals surface area contributed by atoms with Crippen molar-refractivity contribution in [2.75, 3.05) is 0 Å². The number of halogens is 4. The maximum Gasteiger partial charge on any atom is 0.340 e. The lowest BCUT2D eigenvalue weighted by Crippen LogP contribution is -1.99. The van der Waals surface area contributed by atoms with Gasteiger partial charge in [0.25, 0.3) is 0 Å². The Labute approximate surface area is 128 Å². The van der Waals surface area contributed by atoms with E-state index in [1.807, 2.05) is 0 Å². The van der Waals surface area contributed by atoms with Gasteiger partial charge in [0.2, 0.25) is 0 Å². The minimum atomic E-state index is -1.17. The van der Waals surface area contributed by atoms with Gasteiger partial charge in [-0.1, -0.05) is 46.4 Å². The first kappa shape index (κ1) is 16.0. The minimum Gasteiger partial charge on any atom is -0.478 e. The van der Waals surface area contributed by atoms with Crippen LogP contribution in [0.5, 0.6) is 0 Å². The van der Waals surface area contributed by atoms with Gasteiger partial charge in [-0.25, -0.2) is 14.8 Å². The Morgan fingerprint density at radius 3 is 2.05 bits per heavy atom. The van der Waals surface area contributed by atoms with E-state index in [2.05, 4.69) is 9.97 Å². The van der Waals surface area contributed by atoms with E-state index in [9.17, 15) is 4.79 Å². The molecule has 2 aromatic heterocycles. The number of nitrogens with zero attached hydrogens (tertiary/aromatic N) is 2. The highest BCUT2D eigenvalue weighted by Crippen LogP contribution is 2.21. The predicted octanol–water partition coefficient (Wildman–Crippen LogP) is 4.48. The van der Waals surface area contributed by atoms with Gasteiger partial charge in [0.15, 0.2) is 0 Å². The molecule has 0 radical (unpaired) electrons. The van der Waals surface area contributed by atoms with Gasteiger partial charge in [0.1, 0.15) is 15.9 Å². The highest BCUT2D eigenvalue weighted by atomic mass is 35.5. The number of carbonyl (C=O) groups is 1.